The Bertz CT molecular complexity index is 334. The average Bonchev–Trinajstić information content (AvgIpc) is 2.74. The molecule has 2 rings (SSSR count). The molecule has 0 bridgehead atoms. The molecule has 96 valence electrons. The van der Waals surface area contributed by atoms with E-state index in [1.807, 2.05) is 11.3 Å². The topological polar surface area (TPSA) is 15.3 Å². The molecule has 0 atom stereocenters. The van der Waals surface area contributed by atoms with Gasteiger partial charge in [-0.25, -0.2) is 0 Å². The Labute approximate surface area is 117 Å². The molecular formula is C13H21BrN2S. The normalized spacial score (nSPS) is 17.8. The summed E-state index contributed by atoms with van der Waals surface area (Å²) in [5.41, 5.74) is 0. The minimum Gasteiger partial charge on any atom is -0.317 e. The molecule has 0 saturated carbocycles. The second kappa shape index (κ2) is 6.88. The van der Waals surface area contributed by atoms with Gasteiger partial charge in [0.25, 0.3) is 0 Å². The van der Waals surface area contributed by atoms with Crippen molar-refractivity contribution in [3.05, 3.63) is 20.8 Å². The summed E-state index contributed by atoms with van der Waals surface area (Å²) >= 11 is 5.36. The van der Waals surface area contributed by atoms with Gasteiger partial charge in [-0.15, -0.1) is 11.3 Å². The smallest absolute Gasteiger partial charge is 0.0285 e. The highest BCUT2D eigenvalue weighted by Crippen LogP contribution is 2.20. The van der Waals surface area contributed by atoms with Gasteiger partial charge in [-0.3, -0.25) is 0 Å². The van der Waals surface area contributed by atoms with Gasteiger partial charge in [0.05, 0.1) is 0 Å². The van der Waals surface area contributed by atoms with Crippen molar-refractivity contribution in [2.24, 2.45) is 5.92 Å². The van der Waals surface area contributed by atoms with Crippen LogP contribution in [-0.2, 0) is 6.42 Å². The van der Waals surface area contributed by atoms with Gasteiger partial charge in [0.15, 0.2) is 0 Å². The van der Waals surface area contributed by atoms with Crippen LogP contribution in [0.25, 0.3) is 0 Å². The first-order chi connectivity index (χ1) is 8.24. The van der Waals surface area contributed by atoms with Crippen molar-refractivity contribution in [3.63, 3.8) is 0 Å². The van der Waals surface area contributed by atoms with E-state index in [9.17, 15) is 0 Å². The molecule has 1 aromatic heterocycles. The van der Waals surface area contributed by atoms with E-state index < -0.39 is 0 Å². The minimum absolute atomic E-state index is 0.899. The number of rotatable bonds is 5. The van der Waals surface area contributed by atoms with Crippen molar-refractivity contribution in [2.45, 2.75) is 19.3 Å². The van der Waals surface area contributed by atoms with Crippen molar-refractivity contribution in [1.82, 2.24) is 10.2 Å². The van der Waals surface area contributed by atoms with E-state index in [2.05, 4.69) is 44.6 Å². The van der Waals surface area contributed by atoms with Crippen LogP contribution in [0.2, 0.25) is 0 Å². The van der Waals surface area contributed by atoms with E-state index in [1.54, 1.807) is 0 Å². The molecule has 0 radical (unpaired) electrons. The molecule has 0 aliphatic carbocycles. The lowest BCUT2D eigenvalue weighted by molar-refractivity contribution is 0.242. The van der Waals surface area contributed by atoms with E-state index in [1.165, 1.54) is 54.8 Å². The molecule has 2 nitrogen and oxygen atoms in total. The van der Waals surface area contributed by atoms with E-state index in [4.69, 9.17) is 0 Å². The highest BCUT2D eigenvalue weighted by Gasteiger charge is 2.14. The van der Waals surface area contributed by atoms with E-state index in [-0.39, 0.29) is 0 Å². The number of piperidine rings is 1. The molecule has 0 amide bonds. The maximum absolute atomic E-state index is 3.51. The largest absolute Gasteiger partial charge is 0.317 e. The zero-order valence-corrected chi connectivity index (χ0v) is 12.8. The van der Waals surface area contributed by atoms with Gasteiger partial charge in [0.2, 0.25) is 0 Å². The standard InChI is InChI=1S/C13H21BrN2S/c1-16(9-11-2-5-15-6-3-11)7-4-13-8-12(14)10-17-13/h8,10-11,15H,2-7,9H2,1H3. The van der Waals surface area contributed by atoms with Crippen LogP contribution in [0, 0.1) is 5.92 Å². The summed E-state index contributed by atoms with van der Waals surface area (Å²) in [5.74, 6) is 0.899. The fraction of sp³-hybridized carbons (Fsp3) is 0.692. The molecule has 1 aliphatic rings. The third-order valence-electron chi connectivity index (χ3n) is 3.39. The number of nitrogens with one attached hydrogen (secondary N) is 1. The molecule has 1 aliphatic heterocycles. The third-order valence-corrected chi connectivity index (χ3v) is 5.15. The lowest BCUT2D eigenvalue weighted by Gasteiger charge is -2.27. The second-order valence-corrected chi connectivity index (χ2v) is 6.85. The first-order valence-electron chi connectivity index (χ1n) is 6.36. The maximum atomic E-state index is 3.51. The van der Waals surface area contributed by atoms with Crippen LogP contribution in [-0.4, -0.2) is 38.1 Å². The van der Waals surface area contributed by atoms with Crippen LogP contribution in [0.15, 0.2) is 15.9 Å². The predicted octanol–water partition coefficient (Wildman–Crippen LogP) is 2.98. The number of hydrogen-bond donors (Lipinski definition) is 1. The fourth-order valence-electron chi connectivity index (χ4n) is 2.38. The molecule has 4 heteroatoms. The highest BCUT2D eigenvalue weighted by molar-refractivity contribution is 9.10. The number of thiophene rings is 1. The Hall–Kier alpha value is 0.1000. The molecule has 2 heterocycles. The Morgan fingerprint density at radius 3 is 2.88 bits per heavy atom. The van der Waals surface area contributed by atoms with Gasteiger partial charge in [0, 0.05) is 27.8 Å². The summed E-state index contributed by atoms with van der Waals surface area (Å²) < 4.78 is 1.22. The molecule has 1 N–H and O–H groups in total. The van der Waals surface area contributed by atoms with Gasteiger partial charge in [-0.2, -0.15) is 0 Å². The minimum atomic E-state index is 0.899. The van der Waals surface area contributed by atoms with Gasteiger partial charge < -0.3 is 10.2 Å². The Morgan fingerprint density at radius 1 is 1.47 bits per heavy atom. The predicted molar refractivity (Wildman–Crippen MR) is 78.8 cm³/mol. The van der Waals surface area contributed by atoms with Gasteiger partial charge in [-0.05, 0) is 67.3 Å². The SMILES string of the molecule is CN(CCc1cc(Br)cs1)CC1CCNCC1. The molecule has 0 unspecified atom stereocenters. The molecule has 0 aromatic carbocycles. The summed E-state index contributed by atoms with van der Waals surface area (Å²) in [5, 5.41) is 5.60. The first kappa shape index (κ1) is 13.5. The first-order valence-corrected chi connectivity index (χ1v) is 8.03. The zero-order valence-electron chi connectivity index (χ0n) is 10.4. The lowest BCUT2D eigenvalue weighted by Crippen LogP contribution is -2.35. The van der Waals surface area contributed by atoms with Crippen LogP contribution in [0.1, 0.15) is 17.7 Å². The third kappa shape index (κ3) is 4.70. The van der Waals surface area contributed by atoms with Crippen molar-refractivity contribution in [3.8, 4) is 0 Å². The second-order valence-electron chi connectivity index (χ2n) is 4.94. The van der Waals surface area contributed by atoms with Gasteiger partial charge >= 0.3 is 0 Å². The van der Waals surface area contributed by atoms with Crippen LogP contribution in [0.4, 0.5) is 0 Å². The lowest BCUT2D eigenvalue weighted by atomic mass is 9.98. The number of nitrogens with zero attached hydrogens (tertiary/aromatic N) is 1. The van der Waals surface area contributed by atoms with Crippen LogP contribution in [0.3, 0.4) is 0 Å². The zero-order chi connectivity index (χ0) is 12.1. The highest BCUT2D eigenvalue weighted by atomic mass is 79.9. The fourth-order valence-corrected chi connectivity index (χ4v) is 3.83. The quantitative estimate of drug-likeness (QED) is 0.898. The van der Waals surface area contributed by atoms with E-state index in [0.29, 0.717) is 0 Å². The molecular weight excluding hydrogens is 296 g/mol. The molecule has 1 aromatic rings. The number of likely N-dealkylation sites (N-methyl/N-ethyl adjacent to an activating group) is 1. The van der Waals surface area contributed by atoms with E-state index >= 15 is 0 Å². The Kier molecular flexibility index (Phi) is 5.48. The summed E-state index contributed by atoms with van der Waals surface area (Å²) in [6, 6.07) is 2.24. The Balaban J connectivity index is 1.68. The summed E-state index contributed by atoms with van der Waals surface area (Å²) in [6.45, 7) is 4.85. The maximum Gasteiger partial charge on any atom is 0.0285 e. The van der Waals surface area contributed by atoms with Crippen LogP contribution >= 0.6 is 27.3 Å². The molecule has 17 heavy (non-hydrogen) atoms. The summed E-state index contributed by atoms with van der Waals surface area (Å²) in [7, 11) is 2.25. The van der Waals surface area contributed by atoms with Gasteiger partial charge in [-0.1, -0.05) is 0 Å². The van der Waals surface area contributed by atoms with Crippen LogP contribution in [0.5, 0.6) is 0 Å². The Morgan fingerprint density at radius 2 is 2.24 bits per heavy atom. The number of halogens is 1. The van der Waals surface area contributed by atoms with Crippen LogP contribution < -0.4 is 5.32 Å². The molecule has 1 saturated heterocycles. The van der Waals surface area contributed by atoms with Crippen molar-refractivity contribution >= 4 is 27.3 Å². The van der Waals surface area contributed by atoms with Crippen molar-refractivity contribution in [2.75, 3.05) is 33.2 Å². The van der Waals surface area contributed by atoms with E-state index in [0.717, 1.165) is 5.92 Å². The molecule has 1 fully saturated rings. The average molecular weight is 317 g/mol. The van der Waals surface area contributed by atoms with Crippen molar-refractivity contribution < 1.29 is 0 Å². The summed E-state index contributed by atoms with van der Waals surface area (Å²) in [6.07, 6.45) is 3.86. The number of hydrogen-bond acceptors (Lipinski definition) is 3. The van der Waals surface area contributed by atoms with Crippen molar-refractivity contribution in [1.29, 1.82) is 0 Å². The summed E-state index contributed by atoms with van der Waals surface area (Å²) in [4.78, 5) is 3.97. The van der Waals surface area contributed by atoms with Gasteiger partial charge in [0.1, 0.15) is 0 Å². The monoisotopic (exact) mass is 316 g/mol. The molecule has 0 spiro atoms.